The highest BCUT2D eigenvalue weighted by Gasteiger charge is 2.15. The minimum absolute atomic E-state index is 0.0162. The number of nitrogens with zero attached hydrogens (tertiary/aromatic N) is 1. The third-order valence-corrected chi connectivity index (χ3v) is 2.21. The molecule has 6 heteroatoms. The van der Waals surface area contributed by atoms with E-state index in [1.807, 2.05) is 0 Å². The summed E-state index contributed by atoms with van der Waals surface area (Å²) < 4.78 is 9.97. The van der Waals surface area contributed by atoms with E-state index < -0.39 is 6.10 Å². The van der Waals surface area contributed by atoms with E-state index in [2.05, 4.69) is 5.32 Å². The van der Waals surface area contributed by atoms with Gasteiger partial charge in [0.15, 0.2) is 0 Å². The van der Waals surface area contributed by atoms with Crippen LogP contribution in [0.25, 0.3) is 0 Å². The average molecular weight is 248 g/mol. The van der Waals surface area contributed by atoms with Gasteiger partial charge >= 0.3 is 0 Å². The maximum Gasteiger partial charge on any atom is 0.238 e. The number of hydrogen-bond acceptors (Lipinski definition) is 5. The van der Waals surface area contributed by atoms with Crippen LogP contribution in [0.15, 0.2) is 0 Å². The van der Waals surface area contributed by atoms with Gasteiger partial charge in [-0.3, -0.25) is 4.79 Å². The topological polar surface area (TPSA) is 71.0 Å². The molecular weight excluding hydrogens is 224 g/mol. The fourth-order valence-electron chi connectivity index (χ4n) is 1.21. The highest BCUT2D eigenvalue weighted by molar-refractivity contribution is 5.80. The van der Waals surface area contributed by atoms with Crippen molar-refractivity contribution in [3.8, 4) is 0 Å². The second-order valence-corrected chi connectivity index (χ2v) is 4.08. The summed E-state index contributed by atoms with van der Waals surface area (Å²) in [6, 6.07) is -0.307. The van der Waals surface area contributed by atoms with Gasteiger partial charge in [-0.05, 0) is 6.92 Å². The molecule has 1 amide bonds. The number of aliphatic hydroxyl groups is 1. The predicted molar refractivity (Wildman–Crippen MR) is 64.9 cm³/mol. The van der Waals surface area contributed by atoms with E-state index in [1.165, 1.54) is 4.90 Å². The number of aliphatic hydroxyl groups excluding tert-OH is 1. The van der Waals surface area contributed by atoms with Crippen molar-refractivity contribution in [3.63, 3.8) is 0 Å². The van der Waals surface area contributed by atoms with Crippen molar-refractivity contribution in [1.82, 2.24) is 10.2 Å². The van der Waals surface area contributed by atoms with Gasteiger partial charge in [0.25, 0.3) is 0 Å². The molecule has 2 N–H and O–H groups in total. The highest BCUT2D eigenvalue weighted by Crippen LogP contribution is 1.90. The Morgan fingerprint density at radius 2 is 2.06 bits per heavy atom. The average Bonchev–Trinajstić information content (AvgIpc) is 2.30. The summed E-state index contributed by atoms with van der Waals surface area (Å²) in [5.41, 5.74) is 0. The van der Waals surface area contributed by atoms with Crippen LogP contribution in [-0.4, -0.2) is 75.6 Å². The normalized spacial score (nSPS) is 14.4. The van der Waals surface area contributed by atoms with Gasteiger partial charge in [0.2, 0.25) is 5.91 Å². The molecule has 2 unspecified atom stereocenters. The minimum Gasteiger partial charge on any atom is -0.389 e. The van der Waals surface area contributed by atoms with Gasteiger partial charge < -0.3 is 24.8 Å². The molecule has 0 heterocycles. The first kappa shape index (κ1) is 16.3. The van der Waals surface area contributed by atoms with Crippen molar-refractivity contribution in [3.05, 3.63) is 0 Å². The molecule has 2 atom stereocenters. The maximum absolute atomic E-state index is 11.5. The zero-order chi connectivity index (χ0) is 13.3. The monoisotopic (exact) mass is 248 g/mol. The smallest absolute Gasteiger partial charge is 0.238 e. The van der Waals surface area contributed by atoms with E-state index in [1.54, 1.807) is 28.1 Å². The minimum atomic E-state index is -0.621. The molecular formula is C11H24N2O4. The van der Waals surface area contributed by atoms with Crippen LogP contribution in [0.3, 0.4) is 0 Å². The van der Waals surface area contributed by atoms with Crippen LogP contribution in [0.1, 0.15) is 6.92 Å². The van der Waals surface area contributed by atoms with E-state index in [0.29, 0.717) is 19.8 Å². The molecule has 0 rings (SSSR count). The number of carbonyl (C=O) groups is 1. The van der Waals surface area contributed by atoms with E-state index in [0.717, 1.165) is 0 Å². The summed E-state index contributed by atoms with van der Waals surface area (Å²) in [6.45, 7) is 3.29. The summed E-state index contributed by atoms with van der Waals surface area (Å²) in [5, 5.41) is 12.5. The molecule has 17 heavy (non-hydrogen) atoms. The van der Waals surface area contributed by atoms with Crippen LogP contribution < -0.4 is 5.32 Å². The SMILES string of the molecule is COCCOCC(O)CNC(C)C(=O)N(C)C. The molecule has 0 aromatic carbocycles. The number of carbonyl (C=O) groups excluding carboxylic acids is 1. The van der Waals surface area contributed by atoms with E-state index in [9.17, 15) is 9.90 Å². The Morgan fingerprint density at radius 3 is 2.59 bits per heavy atom. The van der Waals surface area contributed by atoms with Crippen LogP contribution in [0.4, 0.5) is 0 Å². The predicted octanol–water partition coefficient (Wildman–Crippen LogP) is -0.923. The summed E-state index contributed by atoms with van der Waals surface area (Å²) in [7, 11) is 4.99. The Kier molecular flexibility index (Phi) is 8.97. The third kappa shape index (κ3) is 8.09. The summed E-state index contributed by atoms with van der Waals surface area (Å²) >= 11 is 0. The number of rotatable bonds is 9. The molecule has 0 spiro atoms. The first-order valence-electron chi connectivity index (χ1n) is 5.68. The molecule has 0 saturated carbocycles. The zero-order valence-corrected chi connectivity index (χ0v) is 11.1. The lowest BCUT2D eigenvalue weighted by atomic mass is 10.2. The van der Waals surface area contributed by atoms with E-state index in [4.69, 9.17) is 9.47 Å². The second-order valence-electron chi connectivity index (χ2n) is 4.08. The lowest BCUT2D eigenvalue weighted by Gasteiger charge is -2.19. The summed E-state index contributed by atoms with van der Waals surface area (Å²) in [4.78, 5) is 13.0. The molecule has 0 aromatic rings. The Hall–Kier alpha value is -0.690. The molecule has 0 radical (unpaired) electrons. The van der Waals surface area contributed by atoms with Gasteiger partial charge in [0, 0.05) is 27.7 Å². The van der Waals surface area contributed by atoms with Crippen molar-refractivity contribution in [2.45, 2.75) is 19.1 Å². The molecule has 0 fully saturated rings. The largest absolute Gasteiger partial charge is 0.389 e. The van der Waals surface area contributed by atoms with Crippen LogP contribution >= 0.6 is 0 Å². The van der Waals surface area contributed by atoms with Crippen molar-refractivity contribution in [2.24, 2.45) is 0 Å². The molecule has 0 aliphatic carbocycles. The lowest BCUT2D eigenvalue weighted by molar-refractivity contribution is -0.130. The first-order valence-corrected chi connectivity index (χ1v) is 5.68. The standard InChI is InChI=1S/C11H24N2O4/c1-9(11(15)13(2)3)12-7-10(14)8-17-6-5-16-4/h9-10,12,14H,5-8H2,1-4H3. The fraction of sp³-hybridized carbons (Fsp3) is 0.909. The molecule has 102 valence electrons. The Bertz CT molecular complexity index is 212. The summed E-state index contributed by atoms with van der Waals surface area (Å²) in [5.74, 6) is -0.0162. The van der Waals surface area contributed by atoms with Gasteiger partial charge in [-0.15, -0.1) is 0 Å². The fourth-order valence-corrected chi connectivity index (χ4v) is 1.21. The van der Waals surface area contributed by atoms with Gasteiger partial charge in [0.05, 0.1) is 32.0 Å². The molecule has 0 aliphatic rings. The Labute approximate surface area is 103 Å². The first-order chi connectivity index (χ1) is 7.99. The van der Waals surface area contributed by atoms with Gasteiger partial charge in [0.1, 0.15) is 0 Å². The van der Waals surface area contributed by atoms with Gasteiger partial charge in [-0.25, -0.2) is 0 Å². The van der Waals surface area contributed by atoms with Crippen molar-refractivity contribution < 1.29 is 19.4 Å². The third-order valence-electron chi connectivity index (χ3n) is 2.21. The second kappa shape index (κ2) is 9.35. The Balaban J connectivity index is 3.62. The highest BCUT2D eigenvalue weighted by atomic mass is 16.5. The lowest BCUT2D eigenvalue weighted by Crippen LogP contribution is -2.45. The molecule has 0 bridgehead atoms. The molecule has 6 nitrogen and oxygen atoms in total. The zero-order valence-electron chi connectivity index (χ0n) is 11.1. The Morgan fingerprint density at radius 1 is 1.41 bits per heavy atom. The van der Waals surface area contributed by atoms with Crippen LogP contribution in [0.2, 0.25) is 0 Å². The van der Waals surface area contributed by atoms with Gasteiger partial charge in [-0.1, -0.05) is 0 Å². The molecule has 0 aromatic heterocycles. The number of ether oxygens (including phenoxy) is 2. The van der Waals surface area contributed by atoms with Crippen molar-refractivity contribution in [2.75, 3.05) is 47.6 Å². The van der Waals surface area contributed by atoms with Crippen molar-refractivity contribution in [1.29, 1.82) is 0 Å². The number of hydrogen-bond donors (Lipinski definition) is 2. The van der Waals surface area contributed by atoms with Crippen LogP contribution in [0, 0.1) is 0 Å². The number of amides is 1. The number of nitrogens with one attached hydrogen (secondary N) is 1. The van der Waals surface area contributed by atoms with Crippen LogP contribution in [-0.2, 0) is 14.3 Å². The summed E-state index contributed by atoms with van der Waals surface area (Å²) in [6.07, 6.45) is -0.621. The quantitative estimate of drug-likeness (QED) is 0.516. The van der Waals surface area contributed by atoms with E-state index in [-0.39, 0.29) is 18.6 Å². The van der Waals surface area contributed by atoms with Crippen molar-refractivity contribution >= 4 is 5.91 Å². The molecule has 0 aliphatic heterocycles. The number of likely N-dealkylation sites (N-methyl/N-ethyl adjacent to an activating group) is 1. The van der Waals surface area contributed by atoms with Gasteiger partial charge in [-0.2, -0.15) is 0 Å². The maximum atomic E-state index is 11.5. The molecule has 0 saturated heterocycles. The van der Waals surface area contributed by atoms with E-state index >= 15 is 0 Å². The number of methoxy groups -OCH3 is 1. The van der Waals surface area contributed by atoms with Crippen LogP contribution in [0.5, 0.6) is 0 Å².